The highest BCUT2D eigenvalue weighted by atomic mass is 35.5. The van der Waals surface area contributed by atoms with Crippen LogP contribution in [-0.4, -0.2) is 46.1 Å². The molecule has 0 saturated carbocycles. The zero-order valence-corrected chi connectivity index (χ0v) is 23.7. The van der Waals surface area contributed by atoms with E-state index in [0.29, 0.717) is 37.7 Å². The van der Waals surface area contributed by atoms with Gasteiger partial charge < -0.3 is 26.6 Å². The maximum Gasteiger partial charge on any atom is 0.345 e. The van der Waals surface area contributed by atoms with Crippen molar-refractivity contribution in [1.82, 2.24) is 10.2 Å². The van der Waals surface area contributed by atoms with Crippen LogP contribution >= 0.6 is 23.2 Å². The maximum atomic E-state index is 13.5. The number of hydrogen-bond acceptors (Lipinski definition) is 6. The SMILES string of the molecule is CC(=O)N(C(=O)Nc1ccc(Oc2ccccc2)cc1)[C@](CCCN=C(N)N)(NCc1cc(Cl)cc(Cl)c1)C(=O)O. The van der Waals surface area contributed by atoms with Gasteiger partial charge in [-0.05, 0) is 73.0 Å². The number of carbonyl (C=O) groups excluding carboxylic acids is 2. The van der Waals surface area contributed by atoms with Gasteiger partial charge in [0.1, 0.15) is 11.5 Å². The van der Waals surface area contributed by atoms with Gasteiger partial charge in [-0.3, -0.25) is 15.1 Å². The van der Waals surface area contributed by atoms with Crippen LogP contribution in [0, 0.1) is 0 Å². The predicted octanol–water partition coefficient (Wildman–Crippen LogP) is 4.79. The van der Waals surface area contributed by atoms with Crippen molar-refractivity contribution in [2.45, 2.75) is 32.0 Å². The third-order valence-corrected chi connectivity index (χ3v) is 6.27. The van der Waals surface area contributed by atoms with Gasteiger partial charge in [0.25, 0.3) is 0 Å². The van der Waals surface area contributed by atoms with Gasteiger partial charge >= 0.3 is 12.0 Å². The third kappa shape index (κ3) is 8.84. The molecule has 13 heteroatoms. The van der Waals surface area contributed by atoms with E-state index >= 15 is 0 Å². The molecule has 0 radical (unpaired) electrons. The van der Waals surface area contributed by atoms with Gasteiger partial charge in [0, 0.05) is 35.7 Å². The number of imide groups is 1. The second-order valence-corrected chi connectivity index (χ2v) is 9.80. The molecule has 0 aromatic heterocycles. The second kappa shape index (κ2) is 14.4. The fourth-order valence-electron chi connectivity index (χ4n) is 4.06. The van der Waals surface area contributed by atoms with Crippen molar-refractivity contribution < 1.29 is 24.2 Å². The summed E-state index contributed by atoms with van der Waals surface area (Å²) in [4.78, 5) is 43.7. The number of halogens is 2. The van der Waals surface area contributed by atoms with Gasteiger partial charge in [0.2, 0.25) is 11.6 Å². The Hall–Kier alpha value is -4.32. The van der Waals surface area contributed by atoms with E-state index in [1.165, 1.54) is 6.07 Å². The number of benzene rings is 3. The molecular weight excluding hydrogens is 571 g/mol. The van der Waals surface area contributed by atoms with Crippen LogP contribution in [0.5, 0.6) is 11.5 Å². The first kappa shape index (κ1) is 31.2. The highest BCUT2D eigenvalue weighted by molar-refractivity contribution is 6.34. The molecule has 3 aromatic carbocycles. The van der Waals surface area contributed by atoms with Crippen molar-refractivity contribution >= 4 is 52.8 Å². The van der Waals surface area contributed by atoms with Crippen LogP contribution in [0.25, 0.3) is 0 Å². The number of carbonyl (C=O) groups is 3. The maximum absolute atomic E-state index is 13.5. The Balaban J connectivity index is 1.88. The summed E-state index contributed by atoms with van der Waals surface area (Å²) in [5.41, 5.74) is 9.45. The Morgan fingerprint density at radius 1 is 0.976 bits per heavy atom. The number of anilines is 1. The number of amides is 3. The lowest BCUT2D eigenvalue weighted by Gasteiger charge is -2.39. The lowest BCUT2D eigenvalue weighted by Crippen LogP contribution is -2.67. The topological polar surface area (TPSA) is 172 Å². The number of nitrogens with one attached hydrogen (secondary N) is 2. The van der Waals surface area contributed by atoms with Crippen molar-refractivity contribution in [1.29, 1.82) is 0 Å². The van der Waals surface area contributed by atoms with E-state index in [-0.39, 0.29) is 31.9 Å². The van der Waals surface area contributed by atoms with Gasteiger partial charge in [-0.1, -0.05) is 41.4 Å². The van der Waals surface area contributed by atoms with Crippen LogP contribution in [0.4, 0.5) is 10.5 Å². The summed E-state index contributed by atoms with van der Waals surface area (Å²) < 4.78 is 5.76. The third-order valence-electron chi connectivity index (χ3n) is 5.84. The van der Waals surface area contributed by atoms with E-state index in [4.69, 9.17) is 39.4 Å². The summed E-state index contributed by atoms with van der Waals surface area (Å²) in [7, 11) is 0. The van der Waals surface area contributed by atoms with Crippen molar-refractivity contribution in [3.63, 3.8) is 0 Å². The van der Waals surface area contributed by atoms with Gasteiger partial charge in [0.15, 0.2) is 5.96 Å². The van der Waals surface area contributed by atoms with Crippen molar-refractivity contribution in [3.05, 3.63) is 88.4 Å². The number of aliphatic imine (C=N–C) groups is 1. The van der Waals surface area contributed by atoms with Gasteiger partial charge in [0.05, 0.1) is 0 Å². The fourth-order valence-corrected chi connectivity index (χ4v) is 4.63. The predicted molar refractivity (Wildman–Crippen MR) is 158 cm³/mol. The van der Waals surface area contributed by atoms with E-state index in [1.54, 1.807) is 48.5 Å². The molecule has 3 aromatic rings. The minimum absolute atomic E-state index is 0.0677. The van der Waals surface area contributed by atoms with Crippen LogP contribution in [0.15, 0.2) is 77.8 Å². The first-order chi connectivity index (χ1) is 19.5. The van der Waals surface area contributed by atoms with E-state index < -0.39 is 23.6 Å². The Labute approximate surface area is 247 Å². The van der Waals surface area contributed by atoms with Crippen LogP contribution in [0.2, 0.25) is 10.0 Å². The first-order valence-corrected chi connectivity index (χ1v) is 13.2. The molecule has 0 heterocycles. The van der Waals surface area contributed by atoms with Gasteiger partial charge in [-0.2, -0.15) is 0 Å². The minimum atomic E-state index is -2.18. The highest BCUT2D eigenvalue weighted by Crippen LogP contribution is 2.26. The quantitative estimate of drug-likeness (QED) is 0.0853. The molecule has 0 spiro atoms. The monoisotopic (exact) mass is 600 g/mol. The molecule has 41 heavy (non-hydrogen) atoms. The number of guanidine groups is 1. The molecule has 0 bridgehead atoms. The zero-order valence-electron chi connectivity index (χ0n) is 22.1. The van der Waals surface area contributed by atoms with Crippen LogP contribution < -0.4 is 26.8 Å². The lowest BCUT2D eigenvalue weighted by molar-refractivity contribution is -0.158. The van der Waals surface area contributed by atoms with Crippen molar-refractivity contribution in [3.8, 4) is 11.5 Å². The number of hydrogen-bond donors (Lipinski definition) is 5. The summed E-state index contributed by atoms with van der Waals surface area (Å²) in [6.45, 7) is 1.08. The largest absolute Gasteiger partial charge is 0.478 e. The van der Waals surface area contributed by atoms with Crippen LogP contribution in [0.3, 0.4) is 0 Å². The lowest BCUT2D eigenvalue weighted by atomic mass is 10.00. The number of rotatable bonds is 12. The van der Waals surface area contributed by atoms with Crippen molar-refractivity contribution in [2.75, 3.05) is 11.9 Å². The Morgan fingerprint density at radius 2 is 1.59 bits per heavy atom. The summed E-state index contributed by atoms with van der Waals surface area (Å²) in [5.74, 6) is -1.31. The number of para-hydroxylation sites is 1. The normalized spacial score (nSPS) is 12.1. The van der Waals surface area contributed by atoms with E-state index in [2.05, 4.69) is 15.6 Å². The minimum Gasteiger partial charge on any atom is -0.478 e. The van der Waals surface area contributed by atoms with E-state index in [9.17, 15) is 19.5 Å². The smallest absolute Gasteiger partial charge is 0.345 e. The van der Waals surface area contributed by atoms with Crippen LogP contribution in [-0.2, 0) is 16.1 Å². The molecule has 3 rings (SSSR count). The standard InChI is InChI=1S/C28H30Cl2N6O5/c1-18(37)36(27(40)35-22-8-10-24(11-9-22)41-23-6-3-2-4-7-23)28(25(38)39,12-5-13-33-26(31)32)34-17-19-14-20(29)16-21(30)15-19/h2-4,6-11,14-16,34H,5,12-13,17H2,1H3,(H,35,40)(H,38,39)(H4,31,32,33)/t28-/m0/s1. The molecule has 11 nitrogen and oxygen atoms in total. The molecule has 0 aliphatic heterocycles. The van der Waals surface area contributed by atoms with Gasteiger partial charge in [-0.25, -0.2) is 14.5 Å². The molecule has 0 fully saturated rings. The number of nitrogens with two attached hydrogens (primary N) is 2. The highest BCUT2D eigenvalue weighted by Gasteiger charge is 2.48. The molecule has 7 N–H and O–H groups in total. The molecular formula is C28H30Cl2N6O5. The average Bonchev–Trinajstić information content (AvgIpc) is 2.90. The Morgan fingerprint density at radius 3 is 2.15 bits per heavy atom. The molecule has 0 aliphatic carbocycles. The number of ether oxygens (including phenoxy) is 1. The second-order valence-electron chi connectivity index (χ2n) is 8.93. The van der Waals surface area contributed by atoms with Crippen molar-refractivity contribution in [2.24, 2.45) is 16.5 Å². The molecule has 0 aliphatic rings. The van der Waals surface area contributed by atoms with E-state index in [1.807, 2.05) is 18.2 Å². The number of nitrogens with zero attached hydrogens (tertiary/aromatic N) is 2. The number of aliphatic carboxylic acids is 1. The molecule has 1 atom stereocenters. The molecule has 3 amide bonds. The average molecular weight is 601 g/mol. The summed E-state index contributed by atoms with van der Waals surface area (Å²) >= 11 is 12.2. The fraction of sp³-hybridized carbons (Fsp3) is 0.214. The van der Waals surface area contributed by atoms with Crippen LogP contribution in [0.1, 0.15) is 25.3 Å². The summed E-state index contributed by atoms with van der Waals surface area (Å²) in [6.07, 6.45) is -0.0969. The molecule has 0 saturated heterocycles. The Kier molecular flexibility index (Phi) is 10.9. The molecule has 216 valence electrons. The summed E-state index contributed by atoms with van der Waals surface area (Å²) in [5, 5.41) is 16.6. The first-order valence-electron chi connectivity index (χ1n) is 12.4. The summed E-state index contributed by atoms with van der Waals surface area (Å²) in [6, 6.07) is 19.2. The molecule has 0 unspecified atom stereocenters. The Bertz CT molecular complexity index is 1380. The number of carboxylic acids is 1. The number of urea groups is 1. The number of carboxylic acid groups (broad SMARTS) is 1. The van der Waals surface area contributed by atoms with E-state index in [0.717, 1.165) is 6.92 Å². The van der Waals surface area contributed by atoms with Gasteiger partial charge in [-0.15, -0.1) is 0 Å². The zero-order chi connectivity index (χ0) is 30.0.